The van der Waals surface area contributed by atoms with E-state index in [1.165, 1.54) is 199 Å². The second-order valence-electron chi connectivity index (χ2n) is 28.9. The minimum Gasteiger partial charge on any atom is -0.462 e. The van der Waals surface area contributed by atoms with E-state index in [1.54, 1.807) is 0 Å². The predicted molar refractivity (Wildman–Crippen MR) is 391 cm³/mol. The molecule has 6 atom stereocenters. The van der Waals surface area contributed by atoms with Crippen LogP contribution in [0.4, 0.5) is 0 Å². The molecule has 0 amide bonds. The number of aliphatic hydroxyl groups excluding tert-OH is 1. The van der Waals surface area contributed by atoms with Gasteiger partial charge in [0.1, 0.15) is 19.3 Å². The number of hydrogen-bond donors (Lipinski definition) is 3. The maximum atomic E-state index is 13.1. The van der Waals surface area contributed by atoms with E-state index in [0.717, 1.165) is 108 Å². The summed E-state index contributed by atoms with van der Waals surface area (Å²) in [4.78, 5) is 72.9. The van der Waals surface area contributed by atoms with E-state index in [0.29, 0.717) is 31.6 Å². The molecule has 0 aliphatic rings. The maximum absolute atomic E-state index is 13.1. The van der Waals surface area contributed by atoms with E-state index < -0.39 is 97.5 Å². The van der Waals surface area contributed by atoms with Crippen LogP contribution in [0, 0.1) is 17.8 Å². The Kier molecular flexibility index (Phi) is 66.2. The Morgan fingerprint density at radius 1 is 0.302 bits per heavy atom. The third kappa shape index (κ3) is 69.2. The molecule has 0 aromatic heterocycles. The van der Waals surface area contributed by atoms with Crippen molar-refractivity contribution >= 4 is 39.5 Å². The van der Waals surface area contributed by atoms with Crippen LogP contribution in [0.5, 0.6) is 0 Å². The van der Waals surface area contributed by atoms with Gasteiger partial charge in [0.05, 0.1) is 26.4 Å². The first kappa shape index (κ1) is 94.1. The smallest absolute Gasteiger partial charge is 0.462 e. The molecule has 96 heavy (non-hydrogen) atoms. The second kappa shape index (κ2) is 67.5. The van der Waals surface area contributed by atoms with Crippen LogP contribution in [-0.2, 0) is 65.4 Å². The summed E-state index contributed by atoms with van der Waals surface area (Å²) < 4.78 is 68.6. The number of phosphoric acid groups is 2. The molecule has 570 valence electrons. The normalized spacial score (nSPS) is 14.3. The maximum Gasteiger partial charge on any atom is 0.472 e. The van der Waals surface area contributed by atoms with Crippen LogP contribution in [-0.4, -0.2) is 96.7 Å². The molecule has 0 saturated heterocycles. The lowest BCUT2D eigenvalue weighted by Crippen LogP contribution is -2.30. The van der Waals surface area contributed by atoms with Gasteiger partial charge in [-0.25, -0.2) is 9.13 Å². The van der Waals surface area contributed by atoms with Crippen LogP contribution in [0.3, 0.4) is 0 Å². The summed E-state index contributed by atoms with van der Waals surface area (Å²) in [5.41, 5.74) is 0. The summed E-state index contributed by atoms with van der Waals surface area (Å²) in [6.07, 6.45) is 54.0. The van der Waals surface area contributed by atoms with E-state index in [4.69, 9.17) is 37.0 Å². The Morgan fingerprint density at radius 3 is 0.792 bits per heavy atom. The predicted octanol–water partition coefficient (Wildman–Crippen LogP) is 22.6. The fraction of sp³-hybridized carbons (Fsp3) is 0.948. The van der Waals surface area contributed by atoms with E-state index >= 15 is 0 Å². The van der Waals surface area contributed by atoms with Crippen molar-refractivity contribution in [3.05, 3.63) is 0 Å². The average Bonchev–Trinajstić information content (AvgIpc) is 1.13. The van der Waals surface area contributed by atoms with E-state index in [2.05, 4.69) is 48.5 Å². The van der Waals surface area contributed by atoms with Crippen molar-refractivity contribution in [2.45, 2.75) is 414 Å². The van der Waals surface area contributed by atoms with E-state index in [1.807, 2.05) is 0 Å². The van der Waals surface area contributed by atoms with Gasteiger partial charge in [-0.3, -0.25) is 37.3 Å². The fourth-order valence-electron chi connectivity index (χ4n) is 11.7. The first-order valence-corrected chi connectivity index (χ1v) is 42.9. The zero-order valence-electron chi connectivity index (χ0n) is 62.8. The van der Waals surface area contributed by atoms with Crippen molar-refractivity contribution in [2.75, 3.05) is 39.6 Å². The molecule has 0 spiro atoms. The number of esters is 4. The van der Waals surface area contributed by atoms with Crippen molar-refractivity contribution in [1.29, 1.82) is 0 Å². The highest BCUT2D eigenvalue weighted by Crippen LogP contribution is 2.45. The van der Waals surface area contributed by atoms with Gasteiger partial charge in [-0.2, -0.15) is 0 Å². The van der Waals surface area contributed by atoms with Crippen molar-refractivity contribution in [1.82, 2.24) is 0 Å². The van der Waals surface area contributed by atoms with E-state index in [-0.39, 0.29) is 25.7 Å². The van der Waals surface area contributed by atoms with E-state index in [9.17, 15) is 43.2 Å². The summed E-state index contributed by atoms with van der Waals surface area (Å²) in [5, 5.41) is 10.6. The number of hydrogen-bond acceptors (Lipinski definition) is 15. The van der Waals surface area contributed by atoms with Gasteiger partial charge in [0.2, 0.25) is 0 Å². The molecule has 0 bridgehead atoms. The largest absolute Gasteiger partial charge is 0.472 e. The Hall–Kier alpha value is -1.94. The zero-order chi connectivity index (χ0) is 70.9. The number of ether oxygens (including phenoxy) is 4. The fourth-order valence-corrected chi connectivity index (χ4v) is 13.3. The van der Waals surface area contributed by atoms with Gasteiger partial charge < -0.3 is 33.8 Å². The molecule has 19 heteroatoms. The van der Waals surface area contributed by atoms with Crippen LogP contribution in [0.1, 0.15) is 395 Å². The van der Waals surface area contributed by atoms with Crippen LogP contribution in [0.15, 0.2) is 0 Å². The third-order valence-electron chi connectivity index (χ3n) is 18.2. The van der Waals surface area contributed by atoms with Crippen molar-refractivity contribution in [3.8, 4) is 0 Å². The number of rotatable bonds is 75. The van der Waals surface area contributed by atoms with Gasteiger partial charge in [0.15, 0.2) is 12.2 Å². The van der Waals surface area contributed by atoms with Crippen LogP contribution < -0.4 is 0 Å². The van der Waals surface area contributed by atoms with Crippen molar-refractivity contribution in [2.24, 2.45) is 17.8 Å². The molecular weight excluding hydrogens is 1260 g/mol. The number of unbranched alkanes of at least 4 members (excludes halogenated alkanes) is 42. The minimum atomic E-state index is -4.96. The molecule has 3 N–H and O–H groups in total. The molecule has 0 radical (unpaired) electrons. The molecule has 0 rings (SSSR count). The van der Waals surface area contributed by atoms with Gasteiger partial charge in [0.25, 0.3) is 0 Å². The lowest BCUT2D eigenvalue weighted by atomic mass is 9.99. The SMILES string of the molecule is CCCCCCCCCCCCCCCCCC(=O)OC[C@H](COP(=O)(O)OC[C@@H](O)COP(=O)(O)OC[C@@H](COC(=O)CCCCCCCCCC(C)C)OC(=O)CCCCCCCCCCCCC(C)CC)OC(=O)CCCCCCCCCCCCCCCCC(C)C. The molecular formula is C77H150O17P2. The summed E-state index contributed by atoms with van der Waals surface area (Å²) in [5.74, 6) is 0.187. The first-order valence-electron chi connectivity index (χ1n) is 39.9. The number of aliphatic hydroxyl groups is 1. The lowest BCUT2D eigenvalue weighted by Gasteiger charge is -2.21. The molecule has 0 aliphatic heterocycles. The second-order valence-corrected chi connectivity index (χ2v) is 31.8. The lowest BCUT2D eigenvalue weighted by molar-refractivity contribution is -0.161. The highest BCUT2D eigenvalue weighted by atomic mass is 31.2. The molecule has 0 aromatic rings. The Bertz CT molecular complexity index is 1870. The van der Waals surface area contributed by atoms with Gasteiger partial charge in [-0.15, -0.1) is 0 Å². The highest BCUT2D eigenvalue weighted by Gasteiger charge is 2.30. The minimum absolute atomic E-state index is 0.105. The quantitative estimate of drug-likeness (QED) is 0.0222. The van der Waals surface area contributed by atoms with Gasteiger partial charge in [-0.1, -0.05) is 344 Å². The molecule has 17 nitrogen and oxygen atoms in total. The van der Waals surface area contributed by atoms with Crippen LogP contribution in [0.25, 0.3) is 0 Å². The third-order valence-corrected chi connectivity index (χ3v) is 20.1. The van der Waals surface area contributed by atoms with Crippen molar-refractivity contribution in [3.63, 3.8) is 0 Å². The Morgan fingerprint density at radius 2 is 0.531 bits per heavy atom. The molecule has 0 aromatic carbocycles. The Labute approximate surface area is 588 Å². The highest BCUT2D eigenvalue weighted by molar-refractivity contribution is 7.47. The van der Waals surface area contributed by atoms with Gasteiger partial charge in [-0.05, 0) is 43.4 Å². The molecule has 3 unspecified atom stereocenters. The van der Waals surface area contributed by atoms with Gasteiger partial charge >= 0.3 is 39.5 Å². The molecule has 0 saturated carbocycles. The summed E-state index contributed by atoms with van der Waals surface area (Å²) in [7, 11) is -9.91. The Balaban J connectivity index is 5.26. The summed E-state index contributed by atoms with van der Waals surface area (Å²) in [6, 6.07) is 0. The van der Waals surface area contributed by atoms with Crippen LogP contribution in [0.2, 0.25) is 0 Å². The number of carbonyl (C=O) groups excluding carboxylic acids is 4. The number of carbonyl (C=O) groups is 4. The molecule has 0 heterocycles. The standard InChI is InChI=1S/C77H150O17P2/c1-8-10-11-12-13-14-15-16-17-21-24-30-37-44-51-58-74(79)87-64-72(93-76(81)60-53-46-38-31-25-22-19-18-20-23-28-34-41-48-55-68(3)4)66-91-95(83,84)89-62-71(78)63-90-96(85,86)92-67-73(65-88-75(80)59-52-45-40-33-35-42-49-56-69(5)6)94-77(82)61-54-47-39-32-27-26-29-36-43-50-57-70(7)9-2/h68-73,78H,8-67H2,1-7H3,(H,83,84)(H,85,86)/t70?,71-,72-,73-/m1/s1. The zero-order valence-corrected chi connectivity index (χ0v) is 64.6. The van der Waals surface area contributed by atoms with Crippen LogP contribution >= 0.6 is 15.6 Å². The molecule has 0 aliphatic carbocycles. The van der Waals surface area contributed by atoms with Gasteiger partial charge in [0, 0.05) is 25.7 Å². The first-order chi connectivity index (χ1) is 46.3. The monoisotopic (exact) mass is 1410 g/mol. The average molecular weight is 1410 g/mol. The number of phosphoric ester groups is 2. The summed E-state index contributed by atoms with van der Waals surface area (Å²) in [6.45, 7) is 11.9. The van der Waals surface area contributed by atoms with Crippen molar-refractivity contribution < 1.29 is 80.2 Å². The topological polar surface area (TPSA) is 237 Å². The molecule has 0 fully saturated rings. The summed E-state index contributed by atoms with van der Waals surface area (Å²) >= 11 is 0.